The molecule has 3 heteroatoms. The molecule has 1 unspecified atom stereocenters. The van der Waals surface area contributed by atoms with Crippen molar-refractivity contribution >= 4 is 11.8 Å². The number of thioether (sulfide) groups is 1. The fourth-order valence-corrected chi connectivity index (χ4v) is 3.77. The number of aliphatic hydroxyl groups is 1. The summed E-state index contributed by atoms with van der Waals surface area (Å²) in [5.74, 6) is 1.71. The Kier molecular flexibility index (Phi) is 5.39. The highest BCUT2D eigenvalue weighted by Gasteiger charge is 2.17. The molecule has 1 aromatic rings. The first-order valence-electron chi connectivity index (χ1n) is 6.71. The summed E-state index contributed by atoms with van der Waals surface area (Å²) in [5, 5.41) is 10.9. The van der Waals surface area contributed by atoms with Gasteiger partial charge in [-0.2, -0.15) is 11.8 Å². The summed E-state index contributed by atoms with van der Waals surface area (Å²) < 4.78 is 5.31. The summed E-state index contributed by atoms with van der Waals surface area (Å²) in [6.45, 7) is 0. The Labute approximate surface area is 114 Å². The van der Waals surface area contributed by atoms with Crippen LogP contribution in [0, 0.1) is 0 Å². The Morgan fingerprint density at radius 1 is 1.33 bits per heavy atom. The van der Waals surface area contributed by atoms with E-state index < -0.39 is 0 Å². The number of benzene rings is 1. The van der Waals surface area contributed by atoms with Gasteiger partial charge in [0, 0.05) is 17.4 Å². The third-order valence-electron chi connectivity index (χ3n) is 3.47. The van der Waals surface area contributed by atoms with E-state index in [2.05, 4.69) is 0 Å². The maximum atomic E-state index is 10.1. The lowest BCUT2D eigenvalue weighted by molar-refractivity contribution is 0.198. The molecule has 1 aromatic carbocycles. The van der Waals surface area contributed by atoms with Crippen molar-refractivity contribution in [1.29, 1.82) is 0 Å². The predicted molar refractivity (Wildman–Crippen MR) is 77.4 cm³/mol. The standard InChI is InChI=1S/C15H22O2S/c1-17-15-9-5-2-6-12(15)10-13(16)11-18-14-7-3-4-8-14/h2,5-6,9,13-14,16H,3-4,7-8,10-11H2,1H3. The van der Waals surface area contributed by atoms with Crippen LogP contribution in [0.3, 0.4) is 0 Å². The Balaban J connectivity index is 1.80. The van der Waals surface area contributed by atoms with Gasteiger partial charge in [0.1, 0.15) is 5.75 Å². The SMILES string of the molecule is COc1ccccc1CC(O)CSC1CCCC1. The lowest BCUT2D eigenvalue weighted by atomic mass is 10.1. The lowest BCUT2D eigenvalue weighted by Crippen LogP contribution is -2.16. The van der Waals surface area contributed by atoms with Crippen LogP contribution < -0.4 is 4.74 Å². The van der Waals surface area contributed by atoms with Crippen LogP contribution in [0.1, 0.15) is 31.2 Å². The van der Waals surface area contributed by atoms with Gasteiger partial charge in [0.05, 0.1) is 13.2 Å². The molecule has 0 saturated heterocycles. The summed E-state index contributed by atoms with van der Waals surface area (Å²) in [5.41, 5.74) is 1.10. The first-order chi connectivity index (χ1) is 8.79. The molecule has 0 aromatic heterocycles. The number of ether oxygens (including phenoxy) is 1. The van der Waals surface area contributed by atoms with Gasteiger partial charge in [0.15, 0.2) is 0 Å². The first kappa shape index (κ1) is 13.8. The van der Waals surface area contributed by atoms with Crippen molar-refractivity contribution in [2.24, 2.45) is 0 Å². The number of para-hydroxylation sites is 1. The number of hydrogen-bond acceptors (Lipinski definition) is 3. The molecule has 1 N–H and O–H groups in total. The molecule has 0 radical (unpaired) electrons. The van der Waals surface area contributed by atoms with Gasteiger partial charge in [-0.05, 0) is 24.5 Å². The molecule has 18 heavy (non-hydrogen) atoms. The molecule has 100 valence electrons. The fourth-order valence-electron chi connectivity index (χ4n) is 2.49. The van der Waals surface area contributed by atoms with E-state index in [9.17, 15) is 5.11 Å². The van der Waals surface area contributed by atoms with E-state index in [1.165, 1.54) is 25.7 Å². The second-order valence-corrected chi connectivity index (χ2v) is 6.24. The molecular formula is C15H22O2S. The van der Waals surface area contributed by atoms with Gasteiger partial charge in [0.25, 0.3) is 0 Å². The highest BCUT2D eigenvalue weighted by atomic mass is 32.2. The van der Waals surface area contributed by atoms with E-state index in [0.29, 0.717) is 6.42 Å². The second kappa shape index (κ2) is 7.05. The van der Waals surface area contributed by atoms with E-state index in [0.717, 1.165) is 22.3 Å². The highest BCUT2D eigenvalue weighted by Crippen LogP contribution is 2.30. The number of methoxy groups -OCH3 is 1. The molecule has 1 fully saturated rings. The average molecular weight is 266 g/mol. The lowest BCUT2D eigenvalue weighted by Gasteiger charge is -2.15. The molecular weight excluding hydrogens is 244 g/mol. The van der Waals surface area contributed by atoms with E-state index >= 15 is 0 Å². The Bertz CT molecular complexity index is 361. The molecule has 0 bridgehead atoms. The minimum Gasteiger partial charge on any atom is -0.496 e. The van der Waals surface area contributed by atoms with Gasteiger partial charge in [-0.3, -0.25) is 0 Å². The normalized spacial score (nSPS) is 17.9. The monoisotopic (exact) mass is 266 g/mol. The maximum Gasteiger partial charge on any atom is 0.122 e. The molecule has 1 aliphatic carbocycles. The van der Waals surface area contributed by atoms with E-state index in [1.54, 1.807) is 7.11 Å². The van der Waals surface area contributed by atoms with Gasteiger partial charge in [-0.15, -0.1) is 0 Å². The minimum atomic E-state index is -0.271. The Morgan fingerprint density at radius 2 is 2.06 bits per heavy atom. The molecule has 0 spiro atoms. The molecule has 1 saturated carbocycles. The van der Waals surface area contributed by atoms with Crippen molar-refractivity contribution in [3.63, 3.8) is 0 Å². The zero-order chi connectivity index (χ0) is 12.8. The van der Waals surface area contributed by atoms with Crippen molar-refractivity contribution in [3.8, 4) is 5.75 Å². The molecule has 0 amide bonds. The Hall–Kier alpha value is -0.670. The summed E-state index contributed by atoms with van der Waals surface area (Å²) in [4.78, 5) is 0. The first-order valence-corrected chi connectivity index (χ1v) is 7.76. The van der Waals surface area contributed by atoms with Crippen LogP contribution in [0.2, 0.25) is 0 Å². The summed E-state index contributed by atoms with van der Waals surface area (Å²) in [6, 6.07) is 7.94. The zero-order valence-corrected chi connectivity index (χ0v) is 11.8. The van der Waals surface area contributed by atoms with Crippen molar-refractivity contribution < 1.29 is 9.84 Å². The van der Waals surface area contributed by atoms with Gasteiger partial charge >= 0.3 is 0 Å². The Morgan fingerprint density at radius 3 is 2.78 bits per heavy atom. The topological polar surface area (TPSA) is 29.5 Å². The van der Waals surface area contributed by atoms with Crippen molar-refractivity contribution in [1.82, 2.24) is 0 Å². The van der Waals surface area contributed by atoms with Crippen molar-refractivity contribution in [2.45, 2.75) is 43.5 Å². The van der Waals surface area contributed by atoms with E-state index in [-0.39, 0.29) is 6.10 Å². The quantitative estimate of drug-likeness (QED) is 0.857. The number of hydrogen-bond donors (Lipinski definition) is 1. The number of rotatable bonds is 6. The molecule has 1 aliphatic rings. The van der Waals surface area contributed by atoms with Crippen LogP contribution in [0.25, 0.3) is 0 Å². The molecule has 0 heterocycles. The average Bonchev–Trinajstić information content (AvgIpc) is 2.90. The van der Waals surface area contributed by atoms with Crippen molar-refractivity contribution in [2.75, 3.05) is 12.9 Å². The second-order valence-electron chi connectivity index (χ2n) is 4.91. The van der Waals surface area contributed by atoms with Crippen LogP contribution >= 0.6 is 11.8 Å². The third-order valence-corrected chi connectivity index (χ3v) is 4.99. The van der Waals surface area contributed by atoms with Gasteiger partial charge in [-0.1, -0.05) is 31.0 Å². The van der Waals surface area contributed by atoms with Gasteiger partial charge in [0.2, 0.25) is 0 Å². The molecule has 0 aliphatic heterocycles. The van der Waals surface area contributed by atoms with Crippen LogP contribution in [0.4, 0.5) is 0 Å². The van der Waals surface area contributed by atoms with E-state index in [4.69, 9.17) is 4.74 Å². The predicted octanol–water partition coefficient (Wildman–Crippen LogP) is 3.27. The van der Waals surface area contributed by atoms with Gasteiger partial charge < -0.3 is 9.84 Å². The van der Waals surface area contributed by atoms with Crippen LogP contribution in [0.5, 0.6) is 5.75 Å². The van der Waals surface area contributed by atoms with Crippen LogP contribution in [0.15, 0.2) is 24.3 Å². The minimum absolute atomic E-state index is 0.271. The van der Waals surface area contributed by atoms with Crippen LogP contribution in [-0.2, 0) is 6.42 Å². The summed E-state index contributed by atoms with van der Waals surface area (Å²) in [7, 11) is 1.68. The van der Waals surface area contributed by atoms with Crippen molar-refractivity contribution in [3.05, 3.63) is 29.8 Å². The fraction of sp³-hybridized carbons (Fsp3) is 0.600. The zero-order valence-electron chi connectivity index (χ0n) is 11.0. The van der Waals surface area contributed by atoms with E-state index in [1.807, 2.05) is 36.0 Å². The maximum absolute atomic E-state index is 10.1. The molecule has 2 nitrogen and oxygen atoms in total. The highest BCUT2D eigenvalue weighted by molar-refractivity contribution is 7.99. The third kappa shape index (κ3) is 3.92. The molecule has 1 atom stereocenters. The smallest absolute Gasteiger partial charge is 0.122 e. The van der Waals surface area contributed by atoms with Gasteiger partial charge in [-0.25, -0.2) is 0 Å². The molecule has 2 rings (SSSR count). The summed E-state index contributed by atoms with van der Waals surface area (Å²) in [6.07, 6.45) is 5.79. The summed E-state index contributed by atoms with van der Waals surface area (Å²) >= 11 is 1.93. The van der Waals surface area contributed by atoms with Crippen LogP contribution in [-0.4, -0.2) is 29.3 Å². The number of aliphatic hydroxyl groups excluding tert-OH is 1. The largest absolute Gasteiger partial charge is 0.496 e.